The van der Waals surface area contributed by atoms with E-state index >= 15 is 0 Å². The highest BCUT2D eigenvalue weighted by Crippen LogP contribution is 2.33. The maximum absolute atomic E-state index is 12.6. The smallest absolute Gasteiger partial charge is 0.339 e. The Kier molecular flexibility index (Phi) is 4.61. The lowest BCUT2D eigenvalue weighted by Crippen LogP contribution is -2.38. The van der Waals surface area contributed by atoms with Crippen LogP contribution in [-0.2, 0) is 7.05 Å². The van der Waals surface area contributed by atoms with Crippen LogP contribution in [0.15, 0.2) is 29.3 Å². The summed E-state index contributed by atoms with van der Waals surface area (Å²) in [5, 5.41) is 4.56. The first-order chi connectivity index (χ1) is 12.6. The van der Waals surface area contributed by atoms with Gasteiger partial charge in [0.1, 0.15) is 5.82 Å². The van der Waals surface area contributed by atoms with E-state index in [9.17, 15) is 9.59 Å². The number of aryl methyl sites for hydroxylation is 1. The molecule has 2 aromatic rings. The minimum Gasteiger partial charge on any atom is -0.339 e. The molecule has 1 amide bonds. The molecule has 7 nitrogen and oxygen atoms in total. The number of likely N-dealkylation sites (tertiary alicyclic amines) is 1. The summed E-state index contributed by atoms with van der Waals surface area (Å²) >= 11 is 0. The van der Waals surface area contributed by atoms with Crippen molar-refractivity contribution >= 4 is 5.91 Å². The minimum atomic E-state index is 0.00203. The van der Waals surface area contributed by atoms with Crippen molar-refractivity contribution < 1.29 is 4.79 Å². The second-order valence-corrected chi connectivity index (χ2v) is 7.38. The Labute approximate surface area is 152 Å². The molecule has 2 aromatic heterocycles. The molecule has 138 valence electrons. The van der Waals surface area contributed by atoms with E-state index in [1.807, 2.05) is 9.47 Å². The normalized spacial score (nSPS) is 19.2. The lowest BCUT2D eigenvalue weighted by atomic mass is 9.95. The molecule has 1 aliphatic heterocycles. The van der Waals surface area contributed by atoms with Crippen LogP contribution in [0.3, 0.4) is 0 Å². The molecule has 0 aromatic carbocycles. The van der Waals surface area contributed by atoms with E-state index in [4.69, 9.17) is 0 Å². The SMILES string of the molecule is Cn1nc(C2CCN(C(=O)c3ccncc3)CC2)n(C2CCCC2)c1=O. The fourth-order valence-corrected chi connectivity index (χ4v) is 4.30. The van der Waals surface area contributed by atoms with Gasteiger partial charge < -0.3 is 4.90 Å². The molecular weight excluding hydrogens is 330 g/mol. The lowest BCUT2D eigenvalue weighted by Gasteiger charge is -2.32. The number of pyridine rings is 1. The number of aromatic nitrogens is 4. The number of rotatable bonds is 3. The van der Waals surface area contributed by atoms with Crippen LogP contribution < -0.4 is 5.69 Å². The van der Waals surface area contributed by atoms with Gasteiger partial charge in [-0.15, -0.1) is 0 Å². The molecule has 1 aliphatic carbocycles. The van der Waals surface area contributed by atoms with Gasteiger partial charge in [0.15, 0.2) is 0 Å². The van der Waals surface area contributed by atoms with Crippen LogP contribution in [0.1, 0.15) is 66.7 Å². The molecule has 2 aliphatic rings. The average Bonchev–Trinajstić information content (AvgIpc) is 3.31. The molecule has 1 saturated heterocycles. The Balaban J connectivity index is 1.49. The molecule has 0 N–H and O–H groups in total. The minimum absolute atomic E-state index is 0.00203. The summed E-state index contributed by atoms with van der Waals surface area (Å²) in [7, 11) is 1.74. The maximum atomic E-state index is 12.6. The monoisotopic (exact) mass is 355 g/mol. The van der Waals surface area contributed by atoms with E-state index in [1.165, 1.54) is 17.5 Å². The topological polar surface area (TPSA) is 73.0 Å². The molecule has 0 bridgehead atoms. The number of carbonyl (C=O) groups is 1. The Hall–Kier alpha value is -2.44. The van der Waals surface area contributed by atoms with Crippen molar-refractivity contribution in [1.82, 2.24) is 24.2 Å². The van der Waals surface area contributed by atoms with Crippen molar-refractivity contribution in [2.75, 3.05) is 13.1 Å². The van der Waals surface area contributed by atoms with Crippen LogP contribution in [0.4, 0.5) is 0 Å². The number of amides is 1. The van der Waals surface area contributed by atoms with Crippen molar-refractivity contribution in [3.63, 3.8) is 0 Å². The van der Waals surface area contributed by atoms with Gasteiger partial charge in [-0.2, -0.15) is 5.10 Å². The molecule has 0 spiro atoms. The van der Waals surface area contributed by atoms with Crippen molar-refractivity contribution in [2.45, 2.75) is 50.5 Å². The fraction of sp³-hybridized carbons (Fsp3) is 0.579. The van der Waals surface area contributed by atoms with E-state index in [0.717, 1.165) is 31.5 Å². The zero-order valence-corrected chi connectivity index (χ0v) is 15.2. The second-order valence-electron chi connectivity index (χ2n) is 7.38. The van der Waals surface area contributed by atoms with Crippen LogP contribution in [0, 0.1) is 0 Å². The zero-order valence-electron chi connectivity index (χ0n) is 15.2. The maximum Gasteiger partial charge on any atom is 0.345 e. The highest BCUT2D eigenvalue weighted by Gasteiger charge is 2.31. The number of nitrogens with zero attached hydrogens (tertiary/aromatic N) is 5. The van der Waals surface area contributed by atoms with Gasteiger partial charge in [-0.05, 0) is 37.8 Å². The van der Waals surface area contributed by atoms with Crippen LogP contribution in [0.5, 0.6) is 0 Å². The highest BCUT2D eigenvalue weighted by atomic mass is 16.2. The largest absolute Gasteiger partial charge is 0.345 e. The van der Waals surface area contributed by atoms with E-state index in [2.05, 4.69) is 10.1 Å². The third-order valence-electron chi connectivity index (χ3n) is 5.75. The quantitative estimate of drug-likeness (QED) is 0.845. The van der Waals surface area contributed by atoms with Gasteiger partial charge in [-0.3, -0.25) is 14.3 Å². The molecule has 3 heterocycles. The standard InChI is InChI=1S/C19H25N5O2/c1-22-19(26)24(16-4-2-3-5-16)17(21-22)14-8-12-23(13-9-14)18(25)15-6-10-20-11-7-15/h6-7,10-11,14,16H,2-5,8-9,12-13H2,1H3. The number of piperidine rings is 1. The summed E-state index contributed by atoms with van der Waals surface area (Å²) in [4.78, 5) is 31.0. The molecule has 2 fully saturated rings. The Bertz CT molecular complexity index is 827. The van der Waals surface area contributed by atoms with E-state index in [1.54, 1.807) is 31.6 Å². The first-order valence-electron chi connectivity index (χ1n) is 9.50. The van der Waals surface area contributed by atoms with Gasteiger partial charge in [-0.1, -0.05) is 12.8 Å². The van der Waals surface area contributed by atoms with Crippen LogP contribution in [0.2, 0.25) is 0 Å². The second kappa shape index (κ2) is 7.05. The molecule has 0 radical (unpaired) electrons. The molecular formula is C19H25N5O2. The lowest BCUT2D eigenvalue weighted by molar-refractivity contribution is 0.0709. The fourth-order valence-electron chi connectivity index (χ4n) is 4.30. The zero-order chi connectivity index (χ0) is 18.1. The molecule has 7 heteroatoms. The van der Waals surface area contributed by atoms with E-state index < -0.39 is 0 Å². The summed E-state index contributed by atoms with van der Waals surface area (Å²) < 4.78 is 3.42. The summed E-state index contributed by atoms with van der Waals surface area (Å²) in [6, 6.07) is 3.80. The predicted molar refractivity (Wildman–Crippen MR) is 97.1 cm³/mol. The van der Waals surface area contributed by atoms with Crippen LogP contribution >= 0.6 is 0 Å². The Morgan fingerprint density at radius 2 is 1.73 bits per heavy atom. The third-order valence-corrected chi connectivity index (χ3v) is 5.75. The van der Waals surface area contributed by atoms with Gasteiger partial charge in [-0.25, -0.2) is 9.48 Å². The van der Waals surface area contributed by atoms with Gasteiger partial charge in [0.05, 0.1) is 0 Å². The van der Waals surface area contributed by atoms with Crippen molar-refractivity contribution in [1.29, 1.82) is 0 Å². The van der Waals surface area contributed by atoms with Gasteiger partial charge in [0, 0.05) is 50.1 Å². The molecule has 4 rings (SSSR count). The molecule has 26 heavy (non-hydrogen) atoms. The summed E-state index contributed by atoms with van der Waals surface area (Å²) in [6.07, 6.45) is 9.49. The van der Waals surface area contributed by atoms with Crippen LogP contribution in [0.25, 0.3) is 0 Å². The molecule has 0 unspecified atom stereocenters. The number of carbonyl (C=O) groups excluding carboxylic acids is 1. The number of hydrogen-bond donors (Lipinski definition) is 0. The highest BCUT2D eigenvalue weighted by molar-refractivity contribution is 5.94. The Morgan fingerprint density at radius 1 is 1.08 bits per heavy atom. The molecule has 1 saturated carbocycles. The first kappa shape index (κ1) is 17.0. The van der Waals surface area contributed by atoms with Crippen molar-refractivity contribution in [2.24, 2.45) is 7.05 Å². The summed E-state index contributed by atoms with van der Waals surface area (Å²) in [5.74, 6) is 1.21. The van der Waals surface area contributed by atoms with Crippen molar-refractivity contribution in [3.8, 4) is 0 Å². The van der Waals surface area contributed by atoms with Crippen molar-refractivity contribution in [3.05, 3.63) is 46.4 Å². The van der Waals surface area contributed by atoms with E-state index in [0.29, 0.717) is 24.7 Å². The summed E-state index contributed by atoms with van der Waals surface area (Å²) in [5.41, 5.74) is 0.682. The average molecular weight is 355 g/mol. The van der Waals surface area contributed by atoms with Gasteiger partial charge >= 0.3 is 5.69 Å². The van der Waals surface area contributed by atoms with E-state index in [-0.39, 0.29) is 17.5 Å². The molecule has 0 atom stereocenters. The van der Waals surface area contributed by atoms with Gasteiger partial charge in [0.2, 0.25) is 0 Å². The Morgan fingerprint density at radius 3 is 2.38 bits per heavy atom. The predicted octanol–water partition coefficient (Wildman–Crippen LogP) is 2.11. The van der Waals surface area contributed by atoms with Crippen LogP contribution in [-0.4, -0.2) is 43.2 Å². The summed E-state index contributed by atoms with van der Waals surface area (Å²) in [6.45, 7) is 1.39. The van der Waals surface area contributed by atoms with Gasteiger partial charge in [0.25, 0.3) is 5.91 Å². The first-order valence-corrected chi connectivity index (χ1v) is 9.50. The third kappa shape index (κ3) is 3.06. The number of hydrogen-bond acceptors (Lipinski definition) is 4.